The zero-order valence-corrected chi connectivity index (χ0v) is 10.0. The summed E-state index contributed by atoms with van der Waals surface area (Å²) in [4.78, 5) is 20.2. The first-order valence-electron chi connectivity index (χ1n) is 5.84. The van der Waals surface area contributed by atoms with Crippen molar-refractivity contribution >= 4 is 11.4 Å². The number of benzene rings is 1. The van der Waals surface area contributed by atoms with Gasteiger partial charge in [-0.05, 0) is 25.3 Å². The van der Waals surface area contributed by atoms with Crippen molar-refractivity contribution < 1.29 is 14.6 Å². The molecule has 0 bridgehead atoms. The maximum Gasteiger partial charge on any atom is 0.317 e. The third-order valence-corrected chi connectivity index (χ3v) is 3.13. The number of hydrogen-bond acceptors (Lipinski definition) is 6. The van der Waals surface area contributed by atoms with Gasteiger partial charge in [0.1, 0.15) is 6.10 Å². The Labute approximate surface area is 108 Å². The van der Waals surface area contributed by atoms with E-state index in [1.165, 1.54) is 12.1 Å². The molecule has 1 aliphatic carbocycles. The summed E-state index contributed by atoms with van der Waals surface area (Å²) >= 11 is 0. The van der Waals surface area contributed by atoms with Crippen molar-refractivity contribution in [2.24, 2.45) is 5.73 Å². The summed E-state index contributed by atoms with van der Waals surface area (Å²) < 4.78 is 5.53. The fraction of sp³-hybridized carbons (Fsp3) is 0.455. The first-order valence-corrected chi connectivity index (χ1v) is 5.84. The molecule has 1 aromatic carbocycles. The molecule has 1 fully saturated rings. The average molecular weight is 267 g/mol. The maximum atomic E-state index is 10.9. The summed E-state index contributed by atoms with van der Waals surface area (Å²) in [5.74, 6) is 0.0259. The summed E-state index contributed by atoms with van der Waals surface area (Å²) in [6, 6.07) is 3.18. The van der Waals surface area contributed by atoms with Crippen molar-refractivity contribution in [1.82, 2.24) is 0 Å². The van der Waals surface area contributed by atoms with Crippen molar-refractivity contribution in [3.05, 3.63) is 38.4 Å². The monoisotopic (exact) mass is 267 g/mol. The predicted molar refractivity (Wildman–Crippen MR) is 66.0 cm³/mol. The molecule has 2 unspecified atom stereocenters. The van der Waals surface area contributed by atoms with Crippen molar-refractivity contribution in [3.8, 4) is 5.75 Å². The number of hydrogen-bond donors (Lipinski definition) is 1. The molecular weight excluding hydrogens is 254 g/mol. The van der Waals surface area contributed by atoms with Gasteiger partial charge in [-0.1, -0.05) is 0 Å². The van der Waals surface area contributed by atoms with Gasteiger partial charge in [-0.3, -0.25) is 20.2 Å². The van der Waals surface area contributed by atoms with Crippen LogP contribution in [0.15, 0.2) is 18.2 Å². The Morgan fingerprint density at radius 3 is 2.47 bits per heavy atom. The first kappa shape index (κ1) is 13.2. The predicted octanol–water partition coefficient (Wildman–Crippen LogP) is 1.76. The number of rotatable bonds is 4. The molecule has 8 heteroatoms. The Bertz CT molecular complexity index is 519. The molecule has 1 aliphatic rings. The Hall–Kier alpha value is -2.22. The van der Waals surface area contributed by atoms with Crippen molar-refractivity contribution in [2.45, 2.75) is 31.4 Å². The Kier molecular flexibility index (Phi) is 3.61. The molecule has 0 saturated heterocycles. The molecule has 0 aliphatic heterocycles. The van der Waals surface area contributed by atoms with Gasteiger partial charge in [0.05, 0.1) is 15.9 Å². The summed E-state index contributed by atoms with van der Waals surface area (Å²) in [5.41, 5.74) is 5.08. The number of nitrogens with zero attached hydrogens (tertiary/aromatic N) is 2. The molecule has 8 nitrogen and oxygen atoms in total. The highest BCUT2D eigenvalue weighted by molar-refractivity contribution is 5.53. The molecule has 2 N–H and O–H groups in total. The Morgan fingerprint density at radius 2 is 1.95 bits per heavy atom. The van der Waals surface area contributed by atoms with Gasteiger partial charge in [0, 0.05) is 12.1 Å². The number of nitro groups is 2. The van der Waals surface area contributed by atoms with E-state index in [0.29, 0.717) is 0 Å². The van der Waals surface area contributed by atoms with Gasteiger partial charge in [-0.25, -0.2) is 0 Å². The molecule has 0 spiro atoms. The standard InChI is InChI=1S/C11H13N3O5/c12-8-2-1-3-10(8)19-11-5-4-7(13(15)16)6-9(11)14(17)18/h4-6,8,10H,1-3,12H2. The fourth-order valence-corrected chi connectivity index (χ4v) is 2.13. The lowest BCUT2D eigenvalue weighted by Crippen LogP contribution is -2.33. The largest absolute Gasteiger partial charge is 0.482 e. The fourth-order valence-electron chi connectivity index (χ4n) is 2.13. The SMILES string of the molecule is NC1CCCC1Oc1ccc([N+](=O)[O-])cc1[N+](=O)[O-]. The van der Waals surface area contributed by atoms with Crippen LogP contribution in [-0.4, -0.2) is 22.0 Å². The van der Waals surface area contributed by atoms with Crippen LogP contribution in [0.4, 0.5) is 11.4 Å². The molecule has 2 atom stereocenters. The third-order valence-electron chi connectivity index (χ3n) is 3.13. The van der Waals surface area contributed by atoms with Gasteiger partial charge >= 0.3 is 5.69 Å². The molecule has 0 aromatic heterocycles. The number of non-ortho nitro benzene ring substituents is 1. The van der Waals surface area contributed by atoms with E-state index in [9.17, 15) is 20.2 Å². The molecule has 0 radical (unpaired) electrons. The van der Waals surface area contributed by atoms with Crippen LogP contribution in [-0.2, 0) is 0 Å². The van der Waals surface area contributed by atoms with Crippen LogP contribution < -0.4 is 10.5 Å². The van der Waals surface area contributed by atoms with Crippen LogP contribution in [0.3, 0.4) is 0 Å². The van der Waals surface area contributed by atoms with Crippen molar-refractivity contribution in [3.63, 3.8) is 0 Å². The summed E-state index contributed by atoms with van der Waals surface area (Å²) in [5, 5.41) is 21.5. The van der Waals surface area contributed by atoms with Gasteiger partial charge in [0.2, 0.25) is 0 Å². The molecular formula is C11H13N3O5. The quantitative estimate of drug-likeness (QED) is 0.655. The number of ether oxygens (including phenoxy) is 1. The smallest absolute Gasteiger partial charge is 0.317 e. The average Bonchev–Trinajstić information content (AvgIpc) is 2.75. The van der Waals surface area contributed by atoms with Crippen LogP contribution in [0, 0.1) is 20.2 Å². The molecule has 19 heavy (non-hydrogen) atoms. The molecule has 0 amide bonds. The van der Waals surface area contributed by atoms with E-state index < -0.39 is 15.5 Å². The highest BCUT2D eigenvalue weighted by atomic mass is 16.6. The Morgan fingerprint density at radius 1 is 1.21 bits per heavy atom. The molecule has 1 aromatic rings. The minimum atomic E-state index is -0.692. The van der Waals surface area contributed by atoms with Gasteiger partial charge in [0.15, 0.2) is 5.75 Å². The van der Waals surface area contributed by atoms with Gasteiger partial charge in [-0.15, -0.1) is 0 Å². The van der Waals surface area contributed by atoms with Gasteiger partial charge < -0.3 is 10.5 Å². The van der Waals surface area contributed by atoms with E-state index in [4.69, 9.17) is 10.5 Å². The second-order valence-corrected chi connectivity index (χ2v) is 4.42. The highest BCUT2D eigenvalue weighted by Gasteiger charge is 2.29. The van der Waals surface area contributed by atoms with Crippen LogP contribution in [0.5, 0.6) is 5.75 Å². The number of nitro benzene ring substituents is 2. The summed E-state index contributed by atoms with van der Waals surface area (Å²) in [6.45, 7) is 0. The lowest BCUT2D eigenvalue weighted by Gasteiger charge is -2.17. The topological polar surface area (TPSA) is 122 Å². The van der Waals surface area contributed by atoms with Crippen LogP contribution in [0.25, 0.3) is 0 Å². The normalized spacial score (nSPS) is 22.2. The lowest BCUT2D eigenvalue weighted by molar-refractivity contribution is -0.394. The van der Waals surface area contributed by atoms with Crippen LogP contribution >= 0.6 is 0 Å². The zero-order valence-electron chi connectivity index (χ0n) is 10.0. The maximum absolute atomic E-state index is 10.9. The molecule has 0 heterocycles. The summed E-state index contributed by atoms with van der Waals surface area (Å²) in [6.07, 6.45) is 2.17. The Balaban J connectivity index is 2.29. The van der Waals surface area contributed by atoms with Gasteiger partial charge in [-0.2, -0.15) is 0 Å². The van der Waals surface area contributed by atoms with E-state index in [1.54, 1.807) is 0 Å². The lowest BCUT2D eigenvalue weighted by atomic mass is 10.2. The molecule has 2 rings (SSSR count). The van der Waals surface area contributed by atoms with Crippen molar-refractivity contribution in [1.29, 1.82) is 0 Å². The van der Waals surface area contributed by atoms with E-state index >= 15 is 0 Å². The zero-order chi connectivity index (χ0) is 14.0. The molecule has 102 valence electrons. The second-order valence-electron chi connectivity index (χ2n) is 4.42. The van der Waals surface area contributed by atoms with Crippen LogP contribution in [0.1, 0.15) is 19.3 Å². The van der Waals surface area contributed by atoms with E-state index in [1.807, 2.05) is 0 Å². The third kappa shape index (κ3) is 2.79. The van der Waals surface area contributed by atoms with Crippen molar-refractivity contribution in [2.75, 3.05) is 0 Å². The minimum absolute atomic E-state index is 0.0259. The van der Waals surface area contributed by atoms with E-state index in [0.717, 1.165) is 25.3 Å². The van der Waals surface area contributed by atoms with E-state index in [-0.39, 0.29) is 23.6 Å². The molecule has 1 saturated carbocycles. The first-order chi connectivity index (χ1) is 8.99. The van der Waals surface area contributed by atoms with E-state index in [2.05, 4.69) is 0 Å². The summed E-state index contributed by atoms with van der Waals surface area (Å²) in [7, 11) is 0. The number of nitrogens with two attached hydrogens (primary N) is 1. The highest BCUT2D eigenvalue weighted by Crippen LogP contribution is 2.33. The van der Waals surface area contributed by atoms with Crippen LogP contribution in [0.2, 0.25) is 0 Å². The van der Waals surface area contributed by atoms with Gasteiger partial charge in [0.25, 0.3) is 5.69 Å². The second kappa shape index (κ2) is 5.19. The minimum Gasteiger partial charge on any atom is -0.482 e.